The lowest BCUT2D eigenvalue weighted by atomic mass is 10.1. The van der Waals surface area contributed by atoms with E-state index in [0.29, 0.717) is 0 Å². The lowest BCUT2D eigenvalue weighted by Crippen LogP contribution is -2.03. The van der Waals surface area contributed by atoms with Crippen LogP contribution >= 0.6 is 0 Å². The van der Waals surface area contributed by atoms with Crippen molar-refractivity contribution >= 4 is 5.97 Å². The van der Waals surface area contributed by atoms with Gasteiger partial charge in [-0.25, -0.2) is 9.78 Å². The fourth-order valence-corrected chi connectivity index (χ4v) is 1.26. The number of ether oxygens (including phenoxy) is 1. The molecule has 0 radical (unpaired) electrons. The minimum absolute atomic E-state index is 0.288. The quantitative estimate of drug-likeness (QED) is 0.701. The molecule has 0 saturated heterocycles. The molecule has 0 amide bonds. The Morgan fingerprint density at radius 3 is 2.93 bits per heavy atom. The van der Waals surface area contributed by atoms with Crippen molar-refractivity contribution in [1.82, 2.24) is 4.98 Å². The Labute approximate surface area is 86.5 Å². The Balaban J connectivity index is 2.39. The molecule has 0 aromatic carbocycles. The fourth-order valence-electron chi connectivity index (χ4n) is 1.26. The first-order chi connectivity index (χ1) is 7.31. The van der Waals surface area contributed by atoms with Crippen LogP contribution in [0.4, 0.5) is 0 Å². The number of methoxy groups -OCH3 is 1. The van der Waals surface area contributed by atoms with Gasteiger partial charge in [-0.1, -0.05) is 0 Å². The number of hydrogen-bond acceptors (Lipinski definition) is 4. The maximum absolute atomic E-state index is 11.2. The monoisotopic (exact) mass is 203 g/mol. The Hall–Kier alpha value is -2.10. The van der Waals surface area contributed by atoms with E-state index in [4.69, 9.17) is 4.42 Å². The van der Waals surface area contributed by atoms with Crippen molar-refractivity contribution in [2.45, 2.75) is 0 Å². The van der Waals surface area contributed by atoms with Crippen LogP contribution in [-0.2, 0) is 4.74 Å². The van der Waals surface area contributed by atoms with Gasteiger partial charge in [0.2, 0.25) is 0 Å². The third-order valence-corrected chi connectivity index (χ3v) is 2.01. The van der Waals surface area contributed by atoms with Crippen molar-refractivity contribution in [2.75, 3.05) is 7.11 Å². The van der Waals surface area contributed by atoms with E-state index in [0.717, 1.165) is 11.1 Å². The fraction of sp³-hybridized carbons (Fsp3) is 0.0909. The summed E-state index contributed by atoms with van der Waals surface area (Å²) in [7, 11) is 1.33. The lowest BCUT2D eigenvalue weighted by Gasteiger charge is -2.00. The summed E-state index contributed by atoms with van der Waals surface area (Å²) in [5.74, 6) is -0.444. The highest BCUT2D eigenvalue weighted by atomic mass is 16.5. The van der Waals surface area contributed by atoms with E-state index in [1.165, 1.54) is 7.11 Å². The molecule has 4 heteroatoms. The molecule has 0 N–H and O–H groups in total. The third kappa shape index (κ3) is 1.88. The summed E-state index contributed by atoms with van der Waals surface area (Å²) >= 11 is 0. The van der Waals surface area contributed by atoms with Crippen LogP contribution in [0.3, 0.4) is 0 Å². The number of esters is 1. The molecule has 4 nitrogen and oxygen atoms in total. The van der Waals surface area contributed by atoms with Crippen LogP contribution in [0.5, 0.6) is 0 Å². The summed E-state index contributed by atoms with van der Waals surface area (Å²) < 4.78 is 9.54. The Morgan fingerprint density at radius 1 is 1.40 bits per heavy atom. The van der Waals surface area contributed by atoms with Crippen LogP contribution in [0, 0.1) is 0 Å². The highest BCUT2D eigenvalue weighted by Crippen LogP contribution is 2.19. The molecular weight excluding hydrogens is 194 g/mol. The van der Waals surface area contributed by atoms with Gasteiger partial charge in [-0.3, -0.25) is 0 Å². The number of carbonyl (C=O) groups is 1. The molecule has 15 heavy (non-hydrogen) atoms. The van der Waals surface area contributed by atoms with Crippen molar-refractivity contribution in [3.05, 3.63) is 42.6 Å². The Kier molecular flexibility index (Phi) is 2.49. The van der Waals surface area contributed by atoms with Gasteiger partial charge in [0.05, 0.1) is 19.6 Å². The molecule has 2 aromatic heterocycles. The molecule has 0 aliphatic carbocycles. The van der Waals surface area contributed by atoms with Gasteiger partial charge in [0, 0.05) is 11.8 Å². The van der Waals surface area contributed by atoms with Crippen molar-refractivity contribution in [3.8, 4) is 11.1 Å². The number of furan rings is 1. The predicted octanol–water partition coefficient (Wildman–Crippen LogP) is 2.13. The van der Waals surface area contributed by atoms with Crippen LogP contribution < -0.4 is 0 Å². The average Bonchev–Trinajstić information content (AvgIpc) is 2.82. The van der Waals surface area contributed by atoms with Gasteiger partial charge < -0.3 is 9.15 Å². The van der Waals surface area contributed by atoms with Crippen molar-refractivity contribution in [3.63, 3.8) is 0 Å². The van der Waals surface area contributed by atoms with Gasteiger partial charge in [-0.05, 0) is 23.8 Å². The molecular formula is C11H9NO3. The van der Waals surface area contributed by atoms with Crippen LogP contribution in [0.2, 0.25) is 0 Å². The number of hydrogen-bond donors (Lipinski definition) is 0. The number of rotatable bonds is 2. The molecule has 0 unspecified atom stereocenters. The number of nitrogens with zero attached hydrogens (tertiary/aromatic N) is 1. The summed E-state index contributed by atoms with van der Waals surface area (Å²) in [6, 6.07) is 5.28. The van der Waals surface area contributed by atoms with Gasteiger partial charge in [0.25, 0.3) is 0 Å². The Bertz CT molecular complexity index is 462. The van der Waals surface area contributed by atoms with Gasteiger partial charge >= 0.3 is 5.97 Å². The predicted molar refractivity (Wildman–Crippen MR) is 53.3 cm³/mol. The minimum atomic E-state index is -0.444. The number of aromatic nitrogens is 1. The zero-order valence-electron chi connectivity index (χ0n) is 8.14. The summed E-state index contributed by atoms with van der Waals surface area (Å²) in [6.07, 6.45) is 4.75. The molecule has 2 aromatic rings. The van der Waals surface area contributed by atoms with Crippen LogP contribution in [0.1, 0.15) is 10.5 Å². The van der Waals surface area contributed by atoms with E-state index in [2.05, 4.69) is 9.72 Å². The van der Waals surface area contributed by atoms with Crippen molar-refractivity contribution in [1.29, 1.82) is 0 Å². The topological polar surface area (TPSA) is 52.3 Å². The summed E-state index contributed by atoms with van der Waals surface area (Å²) in [6.45, 7) is 0. The summed E-state index contributed by atoms with van der Waals surface area (Å²) in [4.78, 5) is 15.1. The number of pyridine rings is 1. The first kappa shape index (κ1) is 9.45. The zero-order valence-corrected chi connectivity index (χ0v) is 8.14. The molecule has 0 aliphatic rings. The lowest BCUT2D eigenvalue weighted by molar-refractivity contribution is 0.0594. The van der Waals surface area contributed by atoms with E-state index in [-0.39, 0.29) is 5.69 Å². The second-order valence-corrected chi connectivity index (χ2v) is 2.93. The van der Waals surface area contributed by atoms with E-state index in [9.17, 15) is 4.79 Å². The first-order valence-corrected chi connectivity index (χ1v) is 4.38. The molecule has 76 valence electrons. The third-order valence-electron chi connectivity index (χ3n) is 2.01. The van der Waals surface area contributed by atoms with Gasteiger partial charge in [-0.15, -0.1) is 0 Å². The highest BCUT2D eigenvalue weighted by Gasteiger charge is 2.08. The van der Waals surface area contributed by atoms with Crippen LogP contribution in [0.25, 0.3) is 11.1 Å². The standard InChI is InChI=1S/C11H9NO3/c1-14-11(13)10-6-8(2-4-12-10)9-3-5-15-7-9/h2-7H,1H3. The second kappa shape index (κ2) is 3.96. The maximum atomic E-state index is 11.2. The van der Waals surface area contributed by atoms with Gasteiger partial charge in [0.15, 0.2) is 0 Å². The molecule has 2 rings (SSSR count). The molecule has 0 bridgehead atoms. The SMILES string of the molecule is COC(=O)c1cc(-c2ccoc2)ccn1. The maximum Gasteiger partial charge on any atom is 0.356 e. The molecule has 0 spiro atoms. The minimum Gasteiger partial charge on any atom is -0.472 e. The number of carbonyl (C=O) groups excluding carboxylic acids is 1. The van der Waals surface area contributed by atoms with Crippen LogP contribution in [0.15, 0.2) is 41.3 Å². The molecule has 0 atom stereocenters. The zero-order chi connectivity index (χ0) is 10.7. The molecule has 0 fully saturated rings. The molecule has 0 aliphatic heterocycles. The average molecular weight is 203 g/mol. The van der Waals surface area contributed by atoms with E-state index in [1.807, 2.05) is 6.07 Å². The van der Waals surface area contributed by atoms with Crippen molar-refractivity contribution in [2.24, 2.45) is 0 Å². The second-order valence-electron chi connectivity index (χ2n) is 2.93. The molecule has 2 heterocycles. The highest BCUT2D eigenvalue weighted by molar-refractivity contribution is 5.88. The van der Waals surface area contributed by atoms with Gasteiger partial charge in [0.1, 0.15) is 5.69 Å². The molecule has 0 saturated carbocycles. The van der Waals surface area contributed by atoms with E-state index < -0.39 is 5.97 Å². The normalized spacial score (nSPS) is 9.93. The summed E-state index contributed by atoms with van der Waals surface area (Å²) in [5, 5.41) is 0. The van der Waals surface area contributed by atoms with Gasteiger partial charge in [-0.2, -0.15) is 0 Å². The van der Waals surface area contributed by atoms with Crippen LogP contribution in [-0.4, -0.2) is 18.1 Å². The first-order valence-electron chi connectivity index (χ1n) is 4.38. The van der Waals surface area contributed by atoms with Crippen molar-refractivity contribution < 1.29 is 13.9 Å². The van der Waals surface area contributed by atoms with E-state index >= 15 is 0 Å². The largest absolute Gasteiger partial charge is 0.472 e. The summed E-state index contributed by atoms with van der Waals surface area (Å²) in [5.41, 5.74) is 2.07. The smallest absolute Gasteiger partial charge is 0.356 e. The van der Waals surface area contributed by atoms with E-state index in [1.54, 1.807) is 30.9 Å². The Morgan fingerprint density at radius 2 is 2.27 bits per heavy atom.